The number of nitrogens with zero attached hydrogens (tertiary/aromatic N) is 2. The van der Waals surface area contributed by atoms with Gasteiger partial charge in [0.05, 0.1) is 13.2 Å². The van der Waals surface area contributed by atoms with Gasteiger partial charge < -0.3 is 14.4 Å². The summed E-state index contributed by atoms with van der Waals surface area (Å²) in [6, 6.07) is 15.6. The van der Waals surface area contributed by atoms with Crippen LogP contribution in [0.1, 0.15) is 39.2 Å². The van der Waals surface area contributed by atoms with E-state index in [1.54, 1.807) is 23.1 Å². The predicted molar refractivity (Wildman–Crippen MR) is 128 cm³/mol. The van der Waals surface area contributed by atoms with E-state index in [9.17, 15) is 14.0 Å². The van der Waals surface area contributed by atoms with Crippen molar-refractivity contribution in [3.63, 3.8) is 0 Å². The summed E-state index contributed by atoms with van der Waals surface area (Å²) in [5.41, 5.74) is 0.550. The highest BCUT2D eigenvalue weighted by molar-refractivity contribution is 5.87. The minimum atomic E-state index is -0.526. The number of carbonyl (C=O) groups is 2. The molecule has 2 aromatic carbocycles. The molecule has 0 N–H and O–H groups in total. The summed E-state index contributed by atoms with van der Waals surface area (Å²) in [5.74, 6) is 0.393. The number of likely N-dealkylation sites (tertiary alicyclic amines) is 1. The van der Waals surface area contributed by atoms with Crippen LogP contribution in [0.3, 0.4) is 0 Å². The highest BCUT2D eigenvalue weighted by Crippen LogP contribution is 2.42. The second-order valence-corrected chi connectivity index (χ2v) is 10.2. The Morgan fingerprint density at radius 1 is 1.00 bits per heavy atom. The van der Waals surface area contributed by atoms with Gasteiger partial charge in [0.15, 0.2) is 0 Å². The summed E-state index contributed by atoms with van der Waals surface area (Å²) in [4.78, 5) is 29.0. The molecule has 1 aliphatic heterocycles. The molecule has 34 heavy (non-hydrogen) atoms. The largest absolute Gasteiger partial charge is 0.449 e. The van der Waals surface area contributed by atoms with Crippen molar-refractivity contribution in [3.8, 4) is 0 Å². The molecule has 0 radical (unpaired) electrons. The number of ether oxygens (including phenoxy) is 2. The molecule has 2 fully saturated rings. The van der Waals surface area contributed by atoms with Crippen molar-refractivity contribution in [3.05, 3.63) is 66.0 Å². The minimum Gasteiger partial charge on any atom is -0.449 e. The number of amides is 2. The van der Waals surface area contributed by atoms with Crippen molar-refractivity contribution in [2.24, 2.45) is 17.8 Å². The Labute approximate surface area is 200 Å². The molecule has 0 spiro atoms. The van der Waals surface area contributed by atoms with E-state index in [1.807, 2.05) is 51.1 Å². The molecular formula is C27H33FN2O4. The van der Waals surface area contributed by atoms with E-state index in [0.29, 0.717) is 24.3 Å². The van der Waals surface area contributed by atoms with Gasteiger partial charge in [-0.2, -0.15) is 0 Å². The Morgan fingerprint density at radius 3 is 2.24 bits per heavy atom. The third-order valence-electron chi connectivity index (χ3n) is 6.65. The monoisotopic (exact) mass is 468 g/mol. The van der Waals surface area contributed by atoms with Gasteiger partial charge >= 0.3 is 12.2 Å². The van der Waals surface area contributed by atoms with Crippen LogP contribution < -0.4 is 4.90 Å². The van der Waals surface area contributed by atoms with Crippen LogP contribution in [0.4, 0.5) is 19.7 Å². The van der Waals surface area contributed by atoms with E-state index in [0.717, 1.165) is 12.8 Å². The molecule has 2 aromatic rings. The number of fused-ring (bicyclic) bond motifs is 2. The first-order valence-corrected chi connectivity index (χ1v) is 11.9. The van der Waals surface area contributed by atoms with E-state index in [-0.39, 0.29) is 42.8 Å². The molecule has 7 heteroatoms. The molecule has 4 rings (SSSR count). The van der Waals surface area contributed by atoms with Crippen molar-refractivity contribution >= 4 is 17.9 Å². The first-order chi connectivity index (χ1) is 16.2. The lowest BCUT2D eigenvalue weighted by Gasteiger charge is -2.38. The molecule has 182 valence electrons. The third kappa shape index (κ3) is 5.69. The maximum absolute atomic E-state index is 14.3. The summed E-state index contributed by atoms with van der Waals surface area (Å²) in [6.07, 6.45) is 1.23. The van der Waals surface area contributed by atoms with Gasteiger partial charge in [0.25, 0.3) is 0 Å². The first-order valence-electron chi connectivity index (χ1n) is 11.9. The Hall–Kier alpha value is -3.09. The molecule has 2 atom stereocenters. The molecule has 2 amide bonds. The number of anilines is 1. The van der Waals surface area contributed by atoms with E-state index in [4.69, 9.17) is 9.47 Å². The zero-order valence-corrected chi connectivity index (χ0v) is 20.1. The quantitative estimate of drug-likeness (QED) is 0.551. The summed E-state index contributed by atoms with van der Waals surface area (Å²) >= 11 is 0. The zero-order chi connectivity index (χ0) is 24.3. The lowest BCUT2D eigenvalue weighted by atomic mass is 9.86. The Balaban J connectivity index is 1.40. The minimum absolute atomic E-state index is 0.0828. The number of carbonyl (C=O) groups excluding carboxylic acids is 2. The standard InChI is InChI=1S/C27H33FN2O4/c1-27(2,3)34-25(31)29-15-19-13-14-20(16-29)23(19)18-33-26(32)30(22-10-5-4-6-11-22)17-21-9-7-8-12-24(21)28/h4-12,19-20,23H,13-18H2,1-3H3. The second kappa shape index (κ2) is 10.0. The number of hydrogen-bond donors (Lipinski definition) is 0. The lowest BCUT2D eigenvalue weighted by molar-refractivity contribution is 0.000479. The topological polar surface area (TPSA) is 59.1 Å². The SMILES string of the molecule is CC(C)(C)OC(=O)N1CC2CCC(C1)C2COC(=O)N(Cc1ccccc1F)c1ccccc1. The van der Waals surface area contributed by atoms with Gasteiger partial charge in [-0.1, -0.05) is 36.4 Å². The third-order valence-corrected chi connectivity index (χ3v) is 6.65. The maximum Gasteiger partial charge on any atom is 0.414 e. The summed E-state index contributed by atoms with van der Waals surface area (Å²) in [6.45, 7) is 7.20. The van der Waals surface area contributed by atoms with Crippen LogP contribution in [-0.2, 0) is 16.0 Å². The van der Waals surface area contributed by atoms with Gasteiger partial charge in [-0.05, 0) is 63.6 Å². The van der Waals surface area contributed by atoms with E-state index >= 15 is 0 Å². The van der Waals surface area contributed by atoms with Gasteiger partial charge in [0.1, 0.15) is 11.4 Å². The van der Waals surface area contributed by atoms with Gasteiger partial charge in [-0.15, -0.1) is 0 Å². The van der Waals surface area contributed by atoms with Crippen LogP contribution in [0.25, 0.3) is 0 Å². The number of rotatable bonds is 5. The smallest absolute Gasteiger partial charge is 0.414 e. The summed E-state index contributed by atoms with van der Waals surface area (Å²) < 4.78 is 25.6. The van der Waals surface area contributed by atoms with Gasteiger partial charge in [0, 0.05) is 30.3 Å². The van der Waals surface area contributed by atoms with Crippen molar-refractivity contribution in [1.29, 1.82) is 0 Å². The number of piperidine rings is 1. The summed E-state index contributed by atoms with van der Waals surface area (Å²) in [7, 11) is 0. The molecule has 6 nitrogen and oxygen atoms in total. The fraction of sp³-hybridized carbons (Fsp3) is 0.481. The van der Waals surface area contributed by atoms with Crippen LogP contribution in [0.2, 0.25) is 0 Å². The Morgan fingerprint density at radius 2 is 1.62 bits per heavy atom. The Bertz CT molecular complexity index is 993. The van der Waals surface area contributed by atoms with E-state index < -0.39 is 11.7 Å². The molecule has 0 aromatic heterocycles. The average molecular weight is 469 g/mol. The summed E-state index contributed by atoms with van der Waals surface area (Å²) in [5, 5.41) is 0. The van der Waals surface area contributed by atoms with Gasteiger partial charge in [-0.3, -0.25) is 4.90 Å². The van der Waals surface area contributed by atoms with E-state index in [1.165, 1.54) is 11.0 Å². The van der Waals surface area contributed by atoms with Crippen molar-refractivity contribution in [2.45, 2.75) is 45.8 Å². The zero-order valence-electron chi connectivity index (χ0n) is 20.1. The molecule has 1 aliphatic carbocycles. The van der Waals surface area contributed by atoms with Crippen molar-refractivity contribution in [2.75, 3.05) is 24.6 Å². The number of para-hydroxylation sites is 1. The highest BCUT2D eigenvalue weighted by atomic mass is 19.1. The van der Waals surface area contributed by atoms with Gasteiger partial charge in [-0.25, -0.2) is 14.0 Å². The number of hydrogen-bond acceptors (Lipinski definition) is 4. The van der Waals surface area contributed by atoms with Crippen molar-refractivity contribution in [1.82, 2.24) is 4.90 Å². The van der Waals surface area contributed by atoms with Crippen molar-refractivity contribution < 1.29 is 23.5 Å². The maximum atomic E-state index is 14.3. The van der Waals surface area contributed by atoms with Crippen LogP contribution in [-0.4, -0.2) is 42.4 Å². The van der Waals surface area contributed by atoms with Crippen LogP contribution >= 0.6 is 0 Å². The second-order valence-electron chi connectivity index (χ2n) is 10.2. The molecule has 1 saturated heterocycles. The Kier molecular flexibility index (Phi) is 7.10. The molecule has 1 saturated carbocycles. The number of halogens is 1. The molecule has 2 unspecified atom stereocenters. The van der Waals surface area contributed by atoms with Crippen LogP contribution in [0, 0.1) is 23.6 Å². The first kappa shape index (κ1) is 24.0. The fourth-order valence-electron chi connectivity index (χ4n) is 4.99. The molecular weight excluding hydrogens is 435 g/mol. The van der Waals surface area contributed by atoms with Crippen LogP contribution in [0.5, 0.6) is 0 Å². The number of benzene rings is 2. The molecule has 2 bridgehead atoms. The molecule has 1 heterocycles. The normalized spacial score (nSPS) is 21.8. The predicted octanol–water partition coefficient (Wildman–Crippen LogP) is 5.86. The fourth-order valence-corrected chi connectivity index (χ4v) is 4.99. The highest BCUT2D eigenvalue weighted by Gasteiger charge is 2.44. The molecule has 2 aliphatic rings. The van der Waals surface area contributed by atoms with Crippen LogP contribution in [0.15, 0.2) is 54.6 Å². The average Bonchev–Trinajstić information content (AvgIpc) is 3.02. The van der Waals surface area contributed by atoms with Gasteiger partial charge in [0.2, 0.25) is 0 Å². The lowest BCUT2D eigenvalue weighted by Crippen LogP contribution is -2.48. The van der Waals surface area contributed by atoms with E-state index in [2.05, 4.69) is 0 Å².